The van der Waals surface area contributed by atoms with Gasteiger partial charge in [-0.2, -0.15) is 0 Å². The number of hydrogen-bond acceptors (Lipinski definition) is 3. The number of rotatable bonds is 7. The molecule has 1 rings (SSSR count). The molecule has 0 aliphatic heterocycles. The van der Waals surface area contributed by atoms with E-state index in [-0.39, 0.29) is 4.90 Å². The Hall–Kier alpha value is -0.910. The maximum absolute atomic E-state index is 11.8. The minimum absolute atomic E-state index is 0.288. The number of hydrogen-bond donors (Lipinski definition) is 1. The summed E-state index contributed by atoms with van der Waals surface area (Å²) >= 11 is 0. The first-order valence-corrected chi connectivity index (χ1v) is 7.26. The fourth-order valence-corrected chi connectivity index (χ4v) is 2.53. The van der Waals surface area contributed by atoms with Crippen molar-refractivity contribution in [2.45, 2.75) is 18.7 Å². The van der Waals surface area contributed by atoms with Crippen LogP contribution in [0.5, 0.6) is 0 Å². The fourth-order valence-electron chi connectivity index (χ4n) is 1.51. The topological polar surface area (TPSA) is 49.4 Å². The van der Waals surface area contributed by atoms with Crippen LogP contribution < -0.4 is 4.72 Å². The van der Waals surface area contributed by atoms with Crippen LogP contribution in [0.1, 0.15) is 13.8 Å². The quantitative estimate of drug-likeness (QED) is 0.794. The van der Waals surface area contributed by atoms with Gasteiger partial charge in [-0.1, -0.05) is 26.0 Å². The van der Waals surface area contributed by atoms with Crippen LogP contribution in [0.2, 0.25) is 0 Å². The number of nitrogens with one attached hydrogen (secondary N) is 1. The minimum Gasteiger partial charge on any atom is -0.303 e. The van der Waals surface area contributed by atoms with Crippen LogP contribution >= 0.6 is 0 Å². The molecule has 0 saturated carbocycles. The van der Waals surface area contributed by atoms with Crippen LogP contribution in [0.25, 0.3) is 0 Å². The van der Waals surface area contributed by atoms with Crippen molar-refractivity contribution in [3.05, 3.63) is 30.3 Å². The Bertz CT molecular complexity index is 413. The molecule has 0 amide bonds. The van der Waals surface area contributed by atoms with Gasteiger partial charge in [0.05, 0.1) is 4.90 Å². The van der Waals surface area contributed by atoms with E-state index in [4.69, 9.17) is 0 Å². The summed E-state index contributed by atoms with van der Waals surface area (Å²) in [4.78, 5) is 2.46. The van der Waals surface area contributed by atoms with Crippen molar-refractivity contribution >= 4 is 10.0 Å². The molecule has 0 unspecified atom stereocenters. The van der Waals surface area contributed by atoms with Crippen molar-refractivity contribution in [1.82, 2.24) is 9.62 Å². The van der Waals surface area contributed by atoms with E-state index >= 15 is 0 Å². The predicted molar refractivity (Wildman–Crippen MR) is 68.3 cm³/mol. The van der Waals surface area contributed by atoms with E-state index in [1.54, 1.807) is 24.3 Å². The van der Waals surface area contributed by atoms with Crippen LogP contribution in [0, 0.1) is 6.07 Å². The van der Waals surface area contributed by atoms with Crippen LogP contribution in [0.15, 0.2) is 29.2 Å². The van der Waals surface area contributed by atoms with Crippen molar-refractivity contribution in [3.63, 3.8) is 0 Å². The van der Waals surface area contributed by atoms with E-state index in [1.807, 2.05) is 0 Å². The Labute approximate surface area is 104 Å². The second-order valence-electron chi connectivity index (χ2n) is 3.66. The molecule has 5 heteroatoms. The maximum atomic E-state index is 11.8. The molecule has 0 saturated heterocycles. The molecule has 1 aromatic rings. The van der Waals surface area contributed by atoms with Crippen LogP contribution in [-0.2, 0) is 10.0 Å². The summed E-state index contributed by atoms with van der Waals surface area (Å²) in [5.41, 5.74) is 0. The summed E-state index contributed by atoms with van der Waals surface area (Å²) in [6.45, 7) is 7.14. The minimum atomic E-state index is -3.37. The smallest absolute Gasteiger partial charge is 0.240 e. The van der Waals surface area contributed by atoms with Crippen molar-refractivity contribution in [1.29, 1.82) is 0 Å². The summed E-state index contributed by atoms with van der Waals surface area (Å²) in [5, 5.41) is 0. The maximum Gasteiger partial charge on any atom is 0.240 e. The van der Waals surface area contributed by atoms with E-state index in [0.29, 0.717) is 6.54 Å². The van der Waals surface area contributed by atoms with Gasteiger partial charge >= 0.3 is 0 Å². The molecule has 0 fully saturated rings. The molecular formula is C12H19N2O2S. The average molecular weight is 255 g/mol. The lowest BCUT2D eigenvalue weighted by Gasteiger charge is -2.17. The summed E-state index contributed by atoms with van der Waals surface area (Å²) < 4.78 is 26.3. The summed E-state index contributed by atoms with van der Waals surface area (Å²) in [6.07, 6.45) is 0. The van der Waals surface area contributed by atoms with E-state index in [0.717, 1.165) is 19.6 Å². The SMILES string of the molecule is CCN(CC)CCNS(=O)(=O)c1cc[c]cc1. The first-order valence-electron chi connectivity index (χ1n) is 5.78. The Kier molecular flexibility index (Phi) is 5.61. The Balaban J connectivity index is 2.52. The molecule has 0 atom stereocenters. The number of likely N-dealkylation sites (N-methyl/N-ethyl adjacent to an activating group) is 1. The van der Waals surface area contributed by atoms with Gasteiger partial charge in [-0.15, -0.1) is 0 Å². The van der Waals surface area contributed by atoms with Crippen LogP contribution in [0.3, 0.4) is 0 Å². The van der Waals surface area contributed by atoms with Gasteiger partial charge in [0, 0.05) is 13.1 Å². The van der Waals surface area contributed by atoms with Gasteiger partial charge in [0.1, 0.15) is 0 Å². The predicted octanol–water partition coefficient (Wildman–Crippen LogP) is 1.11. The zero-order valence-electron chi connectivity index (χ0n) is 10.3. The zero-order chi connectivity index (χ0) is 12.7. The van der Waals surface area contributed by atoms with E-state index in [9.17, 15) is 8.42 Å². The highest BCUT2D eigenvalue weighted by Gasteiger charge is 2.12. The average Bonchev–Trinajstić information content (AvgIpc) is 2.36. The third-order valence-corrected chi connectivity index (χ3v) is 4.09. The van der Waals surface area contributed by atoms with E-state index < -0.39 is 10.0 Å². The first-order chi connectivity index (χ1) is 8.10. The Morgan fingerprint density at radius 1 is 1.24 bits per heavy atom. The Morgan fingerprint density at radius 3 is 2.35 bits per heavy atom. The molecule has 1 N–H and O–H groups in total. The third kappa shape index (κ3) is 4.46. The van der Waals surface area contributed by atoms with Gasteiger partial charge < -0.3 is 4.90 Å². The largest absolute Gasteiger partial charge is 0.303 e. The highest BCUT2D eigenvalue weighted by Crippen LogP contribution is 2.06. The molecule has 0 aliphatic carbocycles. The Morgan fingerprint density at radius 2 is 1.82 bits per heavy atom. The molecule has 95 valence electrons. The van der Waals surface area contributed by atoms with Crippen molar-refractivity contribution < 1.29 is 8.42 Å². The molecule has 4 nitrogen and oxygen atoms in total. The molecule has 1 radical (unpaired) electrons. The van der Waals surface area contributed by atoms with Crippen LogP contribution in [0.4, 0.5) is 0 Å². The van der Waals surface area contributed by atoms with Gasteiger partial charge in [-0.05, 0) is 31.3 Å². The van der Waals surface area contributed by atoms with Crippen LogP contribution in [-0.4, -0.2) is 39.5 Å². The lowest BCUT2D eigenvalue weighted by atomic mass is 10.4. The van der Waals surface area contributed by atoms with Gasteiger partial charge in [-0.3, -0.25) is 0 Å². The van der Waals surface area contributed by atoms with Gasteiger partial charge in [0.15, 0.2) is 0 Å². The lowest BCUT2D eigenvalue weighted by Crippen LogP contribution is -2.34. The first kappa shape index (κ1) is 14.2. The van der Waals surface area contributed by atoms with Gasteiger partial charge in [0.2, 0.25) is 10.0 Å². The summed E-state index contributed by atoms with van der Waals surface area (Å²) in [6, 6.07) is 9.07. The second-order valence-corrected chi connectivity index (χ2v) is 5.43. The normalized spacial score (nSPS) is 11.9. The molecule has 17 heavy (non-hydrogen) atoms. The van der Waals surface area contributed by atoms with Gasteiger partial charge in [-0.25, -0.2) is 13.1 Å². The molecule has 0 bridgehead atoms. The fraction of sp³-hybridized carbons (Fsp3) is 0.500. The molecule has 0 aliphatic rings. The summed E-state index contributed by atoms with van der Waals surface area (Å²) in [5.74, 6) is 0. The van der Waals surface area contributed by atoms with Crippen molar-refractivity contribution in [2.24, 2.45) is 0 Å². The van der Waals surface area contributed by atoms with Crippen molar-refractivity contribution in [2.75, 3.05) is 26.2 Å². The van der Waals surface area contributed by atoms with Crippen molar-refractivity contribution in [3.8, 4) is 0 Å². The van der Waals surface area contributed by atoms with E-state index in [2.05, 4.69) is 29.5 Å². The highest BCUT2D eigenvalue weighted by atomic mass is 32.2. The number of benzene rings is 1. The summed E-state index contributed by atoms with van der Waals surface area (Å²) in [7, 11) is -3.37. The number of nitrogens with zero attached hydrogens (tertiary/aromatic N) is 1. The monoisotopic (exact) mass is 255 g/mol. The standard InChI is InChI=1S/C12H19N2O2S/c1-3-14(4-2)11-10-13-17(15,16)12-8-6-5-7-9-12/h6-9,13H,3-4,10-11H2,1-2H3. The lowest BCUT2D eigenvalue weighted by molar-refractivity contribution is 0.309. The zero-order valence-corrected chi connectivity index (χ0v) is 11.1. The molecule has 0 heterocycles. The molecular weight excluding hydrogens is 236 g/mol. The molecule has 1 aromatic carbocycles. The third-order valence-electron chi connectivity index (χ3n) is 2.61. The van der Waals surface area contributed by atoms with Gasteiger partial charge in [0.25, 0.3) is 0 Å². The second kappa shape index (κ2) is 6.74. The van der Waals surface area contributed by atoms with E-state index in [1.165, 1.54) is 0 Å². The molecule has 0 spiro atoms. The number of sulfonamides is 1. The molecule has 0 aromatic heterocycles. The highest BCUT2D eigenvalue weighted by molar-refractivity contribution is 7.89.